The van der Waals surface area contributed by atoms with Gasteiger partial charge in [0.2, 0.25) is 11.8 Å². The number of nitrogens with two attached hydrogens (primary N) is 1. The molecule has 8 heteroatoms. The molecule has 4 fully saturated rings. The van der Waals surface area contributed by atoms with Crippen LogP contribution < -0.4 is 11.1 Å². The first-order chi connectivity index (χ1) is 15.3. The van der Waals surface area contributed by atoms with Gasteiger partial charge in [0.25, 0.3) is 0 Å². The first-order valence-corrected chi connectivity index (χ1v) is 11.5. The van der Waals surface area contributed by atoms with Crippen molar-refractivity contribution in [1.29, 1.82) is 0 Å². The molecule has 6 nitrogen and oxygen atoms in total. The second-order valence-electron chi connectivity index (χ2n) is 9.54. The third-order valence-corrected chi connectivity index (χ3v) is 8.05. The van der Waals surface area contributed by atoms with Crippen molar-refractivity contribution in [3.63, 3.8) is 0 Å². The topological polar surface area (TPSA) is 90.0 Å². The summed E-state index contributed by atoms with van der Waals surface area (Å²) in [4.78, 5) is 25.6. The van der Waals surface area contributed by atoms with Crippen LogP contribution in [0.5, 0.6) is 0 Å². The molecule has 0 atom stereocenters. The van der Waals surface area contributed by atoms with Crippen LogP contribution in [-0.2, 0) is 9.59 Å². The maximum atomic E-state index is 13.2. The van der Waals surface area contributed by atoms with Gasteiger partial charge in [-0.2, -0.15) is 5.10 Å². The molecule has 32 heavy (non-hydrogen) atoms. The molecular formula is C24H26ClFN4O2. The van der Waals surface area contributed by atoms with Crippen LogP contribution in [-0.4, -0.2) is 27.1 Å². The zero-order valence-corrected chi connectivity index (χ0v) is 18.6. The smallest absolute Gasteiger partial charge is 0.244 e. The highest BCUT2D eigenvalue weighted by molar-refractivity contribution is 6.31. The average molecular weight is 457 g/mol. The number of aryl methyl sites for hydroxylation is 1. The quantitative estimate of drug-likeness (QED) is 0.671. The van der Waals surface area contributed by atoms with Gasteiger partial charge in [0, 0.05) is 11.6 Å². The van der Waals surface area contributed by atoms with Gasteiger partial charge in [-0.1, -0.05) is 11.6 Å². The van der Waals surface area contributed by atoms with Crippen LogP contribution in [0.2, 0.25) is 5.15 Å². The highest BCUT2D eigenvalue weighted by Gasteiger charge is 2.60. The van der Waals surface area contributed by atoms with Crippen LogP contribution in [0.4, 0.5) is 4.39 Å². The Bertz CT molecular complexity index is 1080. The molecule has 4 aliphatic rings. The van der Waals surface area contributed by atoms with E-state index < -0.39 is 11.4 Å². The number of nitrogens with one attached hydrogen (secondary N) is 1. The van der Waals surface area contributed by atoms with Gasteiger partial charge < -0.3 is 11.1 Å². The van der Waals surface area contributed by atoms with E-state index >= 15 is 0 Å². The second-order valence-corrected chi connectivity index (χ2v) is 9.90. The first kappa shape index (κ1) is 21.2. The minimum absolute atomic E-state index is 0.111. The molecule has 6 rings (SSSR count). The molecule has 1 aromatic carbocycles. The molecule has 0 unspecified atom stereocenters. The van der Waals surface area contributed by atoms with E-state index in [9.17, 15) is 14.0 Å². The average Bonchev–Trinajstić information content (AvgIpc) is 3.02. The van der Waals surface area contributed by atoms with Crippen LogP contribution in [0, 0.1) is 36.4 Å². The third-order valence-electron chi connectivity index (χ3n) is 7.68. The van der Waals surface area contributed by atoms with Crippen LogP contribution in [0.3, 0.4) is 0 Å². The van der Waals surface area contributed by atoms with E-state index in [0.29, 0.717) is 33.9 Å². The molecule has 2 aromatic rings. The number of carbonyl (C=O) groups excluding carboxylic acids is 2. The summed E-state index contributed by atoms with van der Waals surface area (Å²) in [6.07, 6.45) is 8.05. The molecule has 0 aliphatic heterocycles. The monoisotopic (exact) mass is 456 g/mol. The van der Waals surface area contributed by atoms with Crippen molar-refractivity contribution in [2.24, 2.45) is 29.4 Å². The van der Waals surface area contributed by atoms with Crippen LogP contribution >= 0.6 is 11.6 Å². The highest BCUT2D eigenvalue weighted by Crippen LogP contribution is 2.58. The number of carbonyl (C=O) groups is 2. The van der Waals surface area contributed by atoms with E-state index in [4.69, 9.17) is 17.3 Å². The summed E-state index contributed by atoms with van der Waals surface area (Å²) in [6, 6.07) is 5.83. The Morgan fingerprint density at radius 2 is 1.75 bits per heavy atom. The van der Waals surface area contributed by atoms with E-state index in [-0.39, 0.29) is 23.6 Å². The normalized spacial score (nSPS) is 30.7. The highest BCUT2D eigenvalue weighted by atomic mass is 35.5. The number of halogens is 2. The fourth-order valence-electron chi connectivity index (χ4n) is 6.45. The summed E-state index contributed by atoms with van der Waals surface area (Å²) in [5, 5.41) is 7.74. The van der Waals surface area contributed by atoms with Crippen molar-refractivity contribution in [2.75, 3.05) is 0 Å². The van der Waals surface area contributed by atoms with E-state index in [1.807, 2.05) is 0 Å². The molecule has 4 bridgehead atoms. The Labute approximate surface area is 191 Å². The van der Waals surface area contributed by atoms with Gasteiger partial charge in [-0.25, -0.2) is 9.07 Å². The number of amides is 2. The van der Waals surface area contributed by atoms with Crippen molar-refractivity contribution in [2.45, 2.75) is 44.6 Å². The molecule has 0 spiro atoms. The van der Waals surface area contributed by atoms with Gasteiger partial charge in [-0.3, -0.25) is 9.59 Å². The lowest BCUT2D eigenvalue weighted by molar-refractivity contribution is -0.148. The predicted octanol–water partition coefficient (Wildman–Crippen LogP) is 3.78. The van der Waals surface area contributed by atoms with Crippen molar-refractivity contribution >= 4 is 29.5 Å². The molecule has 4 aliphatic carbocycles. The van der Waals surface area contributed by atoms with Gasteiger partial charge in [0.05, 0.1) is 11.4 Å². The SMILES string of the molecule is Cc1nn(-c2ccc(F)cc2)c(Cl)c1/C=C/C(=O)NC1(C(N)=O)C2CC3CC(C2)CC1C3. The molecule has 1 heterocycles. The predicted molar refractivity (Wildman–Crippen MR) is 119 cm³/mol. The lowest BCUT2D eigenvalue weighted by Gasteiger charge is -2.59. The number of hydrogen-bond donors (Lipinski definition) is 2. The second kappa shape index (κ2) is 7.73. The standard InChI is InChI=1S/C24H26ClFN4O2/c1-13-20(22(25)30(29-13)19-4-2-18(26)3-5-19)6-7-21(31)28-24(23(27)32)16-9-14-8-15(11-16)12-17(24)10-14/h2-7,14-17H,8-12H2,1H3,(H2,27,32)(H,28,31)/b7-6+. The first-order valence-electron chi connectivity index (χ1n) is 11.1. The van der Waals surface area contributed by atoms with Crippen LogP contribution in [0.1, 0.15) is 43.4 Å². The van der Waals surface area contributed by atoms with Crippen molar-refractivity contribution in [1.82, 2.24) is 15.1 Å². The Morgan fingerprint density at radius 1 is 1.16 bits per heavy atom. The van der Waals surface area contributed by atoms with Crippen molar-refractivity contribution < 1.29 is 14.0 Å². The number of rotatable bonds is 5. The van der Waals surface area contributed by atoms with Gasteiger partial charge in [0.15, 0.2) is 0 Å². The van der Waals surface area contributed by atoms with E-state index in [1.54, 1.807) is 25.1 Å². The maximum absolute atomic E-state index is 13.2. The number of primary amides is 1. The summed E-state index contributed by atoms with van der Waals surface area (Å²) in [5.41, 5.74) is 6.76. The lowest BCUT2D eigenvalue weighted by Crippen LogP contribution is -2.71. The fourth-order valence-corrected chi connectivity index (χ4v) is 6.79. The molecular weight excluding hydrogens is 431 g/mol. The minimum Gasteiger partial charge on any atom is -0.368 e. The largest absolute Gasteiger partial charge is 0.368 e. The third kappa shape index (κ3) is 3.34. The summed E-state index contributed by atoms with van der Waals surface area (Å²) < 4.78 is 14.7. The van der Waals surface area contributed by atoms with Crippen LogP contribution in [0.15, 0.2) is 30.3 Å². The molecule has 0 radical (unpaired) electrons. The summed E-state index contributed by atoms with van der Waals surface area (Å²) in [5.74, 6) is 0.388. The van der Waals surface area contributed by atoms with Crippen LogP contribution in [0.25, 0.3) is 11.8 Å². The lowest BCUT2D eigenvalue weighted by atomic mass is 9.48. The summed E-state index contributed by atoms with van der Waals surface area (Å²) >= 11 is 6.51. The molecule has 168 valence electrons. The number of benzene rings is 1. The Balaban J connectivity index is 1.38. The van der Waals surface area contributed by atoms with Gasteiger partial charge >= 0.3 is 0 Å². The Hall–Kier alpha value is -2.67. The molecule has 0 saturated heterocycles. The van der Waals surface area contributed by atoms with E-state index in [0.717, 1.165) is 25.7 Å². The van der Waals surface area contributed by atoms with Gasteiger partial charge in [-0.05, 0) is 93.0 Å². The molecule has 4 saturated carbocycles. The zero-order chi connectivity index (χ0) is 22.6. The molecule has 3 N–H and O–H groups in total. The molecule has 1 aromatic heterocycles. The van der Waals surface area contributed by atoms with Gasteiger partial charge in [0.1, 0.15) is 16.5 Å². The maximum Gasteiger partial charge on any atom is 0.244 e. The zero-order valence-electron chi connectivity index (χ0n) is 17.9. The number of aromatic nitrogens is 2. The van der Waals surface area contributed by atoms with Gasteiger partial charge in [-0.15, -0.1) is 0 Å². The Kier molecular flexibility index (Phi) is 5.12. The molecule has 2 amide bonds. The number of nitrogens with zero attached hydrogens (tertiary/aromatic N) is 2. The minimum atomic E-state index is -0.966. The summed E-state index contributed by atoms with van der Waals surface area (Å²) in [6.45, 7) is 1.78. The Morgan fingerprint density at radius 3 is 2.31 bits per heavy atom. The van der Waals surface area contributed by atoms with E-state index in [1.165, 1.54) is 29.3 Å². The van der Waals surface area contributed by atoms with Crippen molar-refractivity contribution in [3.8, 4) is 5.69 Å². The van der Waals surface area contributed by atoms with Crippen molar-refractivity contribution in [3.05, 3.63) is 52.6 Å². The fraction of sp³-hybridized carbons (Fsp3) is 0.458. The van der Waals surface area contributed by atoms with E-state index in [2.05, 4.69) is 10.4 Å². The summed E-state index contributed by atoms with van der Waals surface area (Å²) in [7, 11) is 0. The number of hydrogen-bond acceptors (Lipinski definition) is 3.